The van der Waals surface area contributed by atoms with Gasteiger partial charge in [0.1, 0.15) is 18.3 Å². The van der Waals surface area contributed by atoms with Crippen LogP contribution in [0.1, 0.15) is 34.6 Å². The van der Waals surface area contributed by atoms with Gasteiger partial charge >= 0.3 is 6.09 Å². The molecule has 0 aromatic heterocycles. The molecule has 0 aliphatic carbocycles. The van der Waals surface area contributed by atoms with E-state index >= 15 is 0 Å². The van der Waals surface area contributed by atoms with Crippen LogP contribution in [0, 0.1) is 0 Å². The molecule has 0 saturated carbocycles. The average molecular weight is 279 g/mol. The van der Waals surface area contributed by atoms with Crippen LogP contribution >= 0.6 is 0 Å². The highest BCUT2D eigenvalue weighted by molar-refractivity contribution is 5.66. The number of carbonyl (C=O) groups is 1. The molecule has 2 N–H and O–H groups in total. The summed E-state index contributed by atoms with van der Waals surface area (Å²) in [6.45, 7) is 9.67. The molecule has 7 nitrogen and oxygen atoms in total. The molecular weight excluding hydrogens is 254 g/mol. The largest absolute Gasteiger partial charge is 0.442 e. The molecule has 0 bridgehead atoms. The third kappa shape index (κ3) is 8.77. The number of aliphatic hydroxyl groups excluding tert-OH is 1. The van der Waals surface area contributed by atoms with E-state index < -0.39 is 17.5 Å². The van der Waals surface area contributed by atoms with Crippen molar-refractivity contribution in [3.05, 3.63) is 0 Å². The van der Waals surface area contributed by atoms with Crippen molar-refractivity contribution >= 4 is 6.09 Å². The van der Waals surface area contributed by atoms with Crippen LogP contribution in [-0.4, -0.2) is 49.0 Å². The number of amides is 1. The minimum atomic E-state index is -0.615. The van der Waals surface area contributed by atoms with E-state index in [0.717, 1.165) is 7.11 Å². The lowest BCUT2D eigenvalue weighted by Gasteiger charge is -2.20. The van der Waals surface area contributed by atoms with Crippen molar-refractivity contribution in [1.82, 2.24) is 5.48 Å². The molecule has 1 fully saturated rings. The Morgan fingerprint density at radius 2 is 2.00 bits per heavy atom. The van der Waals surface area contributed by atoms with Gasteiger partial charge in [0.25, 0.3) is 0 Å². The van der Waals surface area contributed by atoms with Crippen molar-refractivity contribution < 1.29 is 28.9 Å². The molecule has 1 saturated heterocycles. The number of hydroxylamine groups is 1. The molecule has 1 amide bonds. The van der Waals surface area contributed by atoms with Gasteiger partial charge in [-0.1, -0.05) is 0 Å². The number of ether oxygens (including phenoxy) is 3. The average Bonchev–Trinajstić information content (AvgIpc) is 2.58. The standard InChI is InChI=1S/C11H21NO5.CH4O/c1-10(2,3)17-9(13)12-15-7-8-6-14-11(4,5)16-8;1-2/h8H,6-7H2,1-5H3,(H,12,13);2H,1H3. The number of rotatable bonds is 3. The molecule has 7 heteroatoms. The van der Waals surface area contributed by atoms with Gasteiger partial charge in [0, 0.05) is 7.11 Å². The molecule has 1 rings (SSSR count). The fourth-order valence-electron chi connectivity index (χ4n) is 1.34. The van der Waals surface area contributed by atoms with E-state index in [1.165, 1.54) is 0 Å². The predicted molar refractivity (Wildman–Crippen MR) is 68.4 cm³/mol. The number of nitrogens with one attached hydrogen (secondary N) is 1. The zero-order valence-electron chi connectivity index (χ0n) is 12.5. The molecule has 1 unspecified atom stereocenters. The zero-order valence-corrected chi connectivity index (χ0v) is 12.5. The zero-order chi connectivity index (χ0) is 15.1. The van der Waals surface area contributed by atoms with E-state index in [2.05, 4.69) is 5.48 Å². The van der Waals surface area contributed by atoms with E-state index in [0.29, 0.717) is 6.61 Å². The van der Waals surface area contributed by atoms with E-state index in [1.807, 2.05) is 13.8 Å². The lowest BCUT2D eigenvalue weighted by atomic mass is 10.2. The van der Waals surface area contributed by atoms with Crippen LogP contribution in [0.25, 0.3) is 0 Å². The van der Waals surface area contributed by atoms with Crippen molar-refractivity contribution in [3.63, 3.8) is 0 Å². The maximum absolute atomic E-state index is 11.2. The maximum Gasteiger partial charge on any atom is 0.431 e. The fraction of sp³-hybridized carbons (Fsp3) is 0.917. The van der Waals surface area contributed by atoms with E-state index in [9.17, 15) is 4.79 Å². The Morgan fingerprint density at radius 1 is 1.42 bits per heavy atom. The summed E-state index contributed by atoms with van der Waals surface area (Å²) in [5.41, 5.74) is 1.66. The van der Waals surface area contributed by atoms with Crippen LogP contribution in [0.2, 0.25) is 0 Å². The molecule has 1 aliphatic heterocycles. The second kappa shape index (κ2) is 7.64. The number of carbonyl (C=O) groups excluding carboxylic acids is 1. The summed E-state index contributed by atoms with van der Waals surface area (Å²) in [5, 5.41) is 7.00. The summed E-state index contributed by atoms with van der Waals surface area (Å²) in [7, 11) is 1.00. The maximum atomic E-state index is 11.2. The Kier molecular flexibility index (Phi) is 7.28. The Balaban J connectivity index is 0.00000154. The van der Waals surface area contributed by atoms with Crippen molar-refractivity contribution in [2.24, 2.45) is 0 Å². The van der Waals surface area contributed by atoms with Crippen molar-refractivity contribution in [2.75, 3.05) is 20.3 Å². The van der Waals surface area contributed by atoms with Gasteiger partial charge < -0.3 is 19.3 Å². The van der Waals surface area contributed by atoms with Crippen LogP contribution < -0.4 is 5.48 Å². The first-order valence-electron chi connectivity index (χ1n) is 6.05. The Morgan fingerprint density at radius 3 is 2.42 bits per heavy atom. The second-order valence-electron chi connectivity index (χ2n) is 5.37. The minimum absolute atomic E-state index is 0.181. The molecule has 1 aliphatic rings. The topological polar surface area (TPSA) is 86.3 Å². The van der Waals surface area contributed by atoms with Crippen LogP contribution in [-0.2, 0) is 19.0 Å². The van der Waals surface area contributed by atoms with Gasteiger partial charge in [0.15, 0.2) is 5.79 Å². The van der Waals surface area contributed by atoms with E-state index in [-0.39, 0.29) is 12.7 Å². The molecular formula is C12H25NO6. The molecule has 0 aromatic rings. The molecule has 0 aromatic carbocycles. The minimum Gasteiger partial charge on any atom is -0.442 e. The highest BCUT2D eigenvalue weighted by Gasteiger charge is 2.32. The predicted octanol–water partition coefficient (Wildman–Crippen LogP) is 1.20. The lowest BCUT2D eigenvalue weighted by Crippen LogP contribution is -2.35. The fourth-order valence-corrected chi connectivity index (χ4v) is 1.34. The summed E-state index contributed by atoms with van der Waals surface area (Å²) in [4.78, 5) is 16.2. The Hall–Kier alpha value is -0.890. The molecule has 1 atom stereocenters. The smallest absolute Gasteiger partial charge is 0.431 e. The summed E-state index contributed by atoms with van der Waals surface area (Å²) in [6.07, 6.45) is -0.796. The molecule has 19 heavy (non-hydrogen) atoms. The normalized spacial score (nSPS) is 21.3. The first-order chi connectivity index (χ1) is 8.68. The number of aliphatic hydroxyl groups is 1. The number of hydrogen-bond acceptors (Lipinski definition) is 6. The third-order valence-electron chi connectivity index (χ3n) is 1.89. The van der Waals surface area contributed by atoms with Crippen LogP contribution in [0.15, 0.2) is 0 Å². The summed E-state index contributed by atoms with van der Waals surface area (Å²) < 4.78 is 15.8. The van der Waals surface area contributed by atoms with Crippen molar-refractivity contribution in [3.8, 4) is 0 Å². The van der Waals surface area contributed by atoms with Crippen LogP contribution in [0.3, 0.4) is 0 Å². The molecule has 1 heterocycles. The monoisotopic (exact) mass is 279 g/mol. The quantitative estimate of drug-likeness (QED) is 0.755. The van der Waals surface area contributed by atoms with Gasteiger partial charge in [-0.3, -0.25) is 4.84 Å². The highest BCUT2D eigenvalue weighted by atomic mass is 16.8. The second-order valence-corrected chi connectivity index (χ2v) is 5.37. The van der Waals surface area contributed by atoms with Crippen LogP contribution in [0.5, 0.6) is 0 Å². The summed E-state index contributed by atoms with van der Waals surface area (Å²) in [6, 6.07) is 0. The van der Waals surface area contributed by atoms with Gasteiger partial charge in [-0.15, -0.1) is 0 Å². The lowest BCUT2D eigenvalue weighted by molar-refractivity contribution is -0.148. The molecule has 114 valence electrons. The van der Waals surface area contributed by atoms with E-state index in [1.54, 1.807) is 20.8 Å². The summed E-state index contributed by atoms with van der Waals surface area (Å²) >= 11 is 0. The van der Waals surface area contributed by atoms with Gasteiger partial charge in [-0.2, -0.15) is 5.48 Å². The molecule has 0 radical (unpaired) electrons. The van der Waals surface area contributed by atoms with Crippen LogP contribution in [0.4, 0.5) is 4.79 Å². The highest BCUT2D eigenvalue weighted by Crippen LogP contribution is 2.22. The Labute approximate surface area is 114 Å². The van der Waals surface area contributed by atoms with E-state index in [4.69, 9.17) is 24.2 Å². The third-order valence-corrected chi connectivity index (χ3v) is 1.89. The van der Waals surface area contributed by atoms with Gasteiger partial charge in [0.05, 0.1) is 6.61 Å². The Bertz CT molecular complexity index is 274. The first kappa shape index (κ1) is 18.1. The molecule has 0 spiro atoms. The van der Waals surface area contributed by atoms with Crippen molar-refractivity contribution in [2.45, 2.75) is 52.1 Å². The first-order valence-corrected chi connectivity index (χ1v) is 6.05. The number of hydrogen-bond donors (Lipinski definition) is 2. The van der Waals surface area contributed by atoms with Crippen molar-refractivity contribution in [1.29, 1.82) is 0 Å². The van der Waals surface area contributed by atoms with Gasteiger partial charge in [0.2, 0.25) is 0 Å². The summed E-state index contributed by atoms with van der Waals surface area (Å²) in [5.74, 6) is -0.583. The van der Waals surface area contributed by atoms with Gasteiger partial charge in [-0.25, -0.2) is 4.79 Å². The SMILES string of the molecule is CC(C)(C)OC(=O)NOCC1COC(C)(C)O1.CO. The van der Waals surface area contributed by atoms with Gasteiger partial charge in [-0.05, 0) is 34.6 Å².